The summed E-state index contributed by atoms with van der Waals surface area (Å²) in [5, 5.41) is 13.2. The lowest BCUT2D eigenvalue weighted by molar-refractivity contribution is 0.560. The van der Waals surface area contributed by atoms with Gasteiger partial charge in [-0.2, -0.15) is 5.21 Å². The molecule has 0 spiro atoms. The van der Waals surface area contributed by atoms with E-state index in [9.17, 15) is 8.42 Å². The van der Waals surface area contributed by atoms with Crippen molar-refractivity contribution in [3.05, 3.63) is 29.0 Å². The van der Waals surface area contributed by atoms with E-state index in [1.165, 1.54) is 18.2 Å². The summed E-state index contributed by atoms with van der Waals surface area (Å²) in [5.41, 5.74) is 5.84. The van der Waals surface area contributed by atoms with Gasteiger partial charge in [0.05, 0.1) is 21.6 Å². The van der Waals surface area contributed by atoms with Crippen LogP contribution < -0.4 is 10.5 Å². The van der Waals surface area contributed by atoms with Crippen molar-refractivity contribution >= 4 is 27.3 Å². The van der Waals surface area contributed by atoms with Crippen LogP contribution in [0.3, 0.4) is 0 Å². The number of sulfonamides is 1. The number of anilines is 1. The average Bonchev–Trinajstić information content (AvgIpc) is 2.85. The molecule has 2 rings (SSSR count). The molecule has 19 heavy (non-hydrogen) atoms. The number of aromatic amines is 1. The van der Waals surface area contributed by atoms with Crippen LogP contribution in [0.25, 0.3) is 0 Å². The maximum Gasteiger partial charge on any atom is 0.241 e. The fraction of sp³-hybridized carbons (Fsp3) is 0.222. The van der Waals surface area contributed by atoms with Crippen molar-refractivity contribution in [1.29, 1.82) is 0 Å². The summed E-state index contributed by atoms with van der Waals surface area (Å²) < 4.78 is 26.6. The van der Waals surface area contributed by atoms with Crippen molar-refractivity contribution in [2.24, 2.45) is 0 Å². The van der Waals surface area contributed by atoms with Gasteiger partial charge in [-0.25, -0.2) is 13.1 Å². The number of H-pyrrole nitrogens is 1. The largest absolute Gasteiger partial charge is 0.398 e. The number of hydrogen-bond donors (Lipinski definition) is 3. The first-order valence-electron chi connectivity index (χ1n) is 5.21. The average molecular weight is 303 g/mol. The molecule has 0 aliphatic carbocycles. The third kappa shape index (κ3) is 3.00. The molecule has 8 nitrogen and oxygen atoms in total. The minimum absolute atomic E-state index is 0.0158. The van der Waals surface area contributed by atoms with Crippen molar-refractivity contribution < 1.29 is 8.42 Å². The highest BCUT2D eigenvalue weighted by Gasteiger charge is 2.21. The summed E-state index contributed by atoms with van der Waals surface area (Å²) in [6.45, 7) is 1.60. The fourth-order valence-corrected chi connectivity index (χ4v) is 2.85. The molecule has 102 valence electrons. The van der Waals surface area contributed by atoms with Crippen molar-refractivity contribution in [3.8, 4) is 0 Å². The second kappa shape index (κ2) is 5.11. The van der Waals surface area contributed by atoms with E-state index in [1.54, 1.807) is 6.92 Å². The molecule has 1 aromatic heterocycles. The smallest absolute Gasteiger partial charge is 0.241 e. The monoisotopic (exact) mass is 302 g/mol. The van der Waals surface area contributed by atoms with Crippen LogP contribution in [0.1, 0.15) is 18.8 Å². The Labute approximate surface area is 114 Å². The highest BCUT2D eigenvalue weighted by atomic mass is 35.5. The van der Waals surface area contributed by atoms with E-state index in [0.717, 1.165) is 0 Å². The number of nitrogens with zero attached hydrogens (tertiary/aromatic N) is 3. The fourth-order valence-electron chi connectivity index (χ4n) is 1.38. The Bertz CT molecular complexity index is 672. The lowest BCUT2D eigenvalue weighted by Crippen LogP contribution is -2.27. The van der Waals surface area contributed by atoms with E-state index in [-0.39, 0.29) is 15.7 Å². The van der Waals surface area contributed by atoms with E-state index in [1.807, 2.05) is 0 Å². The predicted molar refractivity (Wildman–Crippen MR) is 68.8 cm³/mol. The zero-order valence-electron chi connectivity index (χ0n) is 9.83. The first-order valence-corrected chi connectivity index (χ1v) is 7.07. The molecule has 2 aromatic rings. The van der Waals surface area contributed by atoms with Crippen LogP contribution in [0, 0.1) is 0 Å². The molecular formula is C9H11ClN6O2S. The molecule has 1 heterocycles. The summed E-state index contributed by atoms with van der Waals surface area (Å²) in [6, 6.07) is 3.45. The van der Waals surface area contributed by atoms with Gasteiger partial charge in [-0.05, 0) is 25.1 Å². The van der Waals surface area contributed by atoms with E-state index in [0.29, 0.717) is 5.69 Å². The summed E-state index contributed by atoms with van der Waals surface area (Å²) in [4.78, 5) is 0.0158. The molecule has 4 N–H and O–H groups in total. The molecule has 0 radical (unpaired) electrons. The Hall–Kier alpha value is -1.71. The highest BCUT2D eigenvalue weighted by molar-refractivity contribution is 7.89. The quantitative estimate of drug-likeness (QED) is 0.705. The SMILES string of the molecule is CC(NS(=O)(=O)c1ccc(N)c(Cl)c1)c1nn[nH]n1. The number of rotatable bonds is 4. The summed E-state index contributed by atoms with van der Waals surface area (Å²) in [7, 11) is -3.74. The van der Waals surface area contributed by atoms with E-state index < -0.39 is 16.1 Å². The van der Waals surface area contributed by atoms with Gasteiger partial charge in [0.25, 0.3) is 0 Å². The topological polar surface area (TPSA) is 127 Å². The van der Waals surface area contributed by atoms with Gasteiger partial charge in [0.1, 0.15) is 0 Å². The molecule has 1 aromatic carbocycles. The predicted octanol–water partition coefficient (Wildman–Crippen LogP) is 0.475. The Kier molecular flexibility index (Phi) is 3.69. The molecule has 0 aliphatic rings. The third-order valence-corrected chi connectivity index (χ3v) is 4.23. The number of hydrogen-bond acceptors (Lipinski definition) is 6. The number of aromatic nitrogens is 4. The number of tetrazole rings is 1. The van der Waals surface area contributed by atoms with Crippen molar-refractivity contribution in [2.75, 3.05) is 5.73 Å². The van der Waals surface area contributed by atoms with Crippen LogP contribution >= 0.6 is 11.6 Å². The minimum atomic E-state index is -3.74. The molecule has 0 aliphatic heterocycles. The number of halogens is 1. The van der Waals surface area contributed by atoms with Gasteiger partial charge in [0.2, 0.25) is 10.0 Å². The normalized spacial score (nSPS) is 13.4. The Balaban J connectivity index is 2.25. The Morgan fingerprint density at radius 1 is 1.47 bits per heavy atom. The molecule has 0 fully saturated rings. The second-order valence-corrected chi connectivity index (χ2v) is 5.92. The van der Waals surface area contributed by atoms with Crippen LogP contribution in [-0.2, 0) is 10.0 Å². The molecule has 1 unspecified atom stereocenters. The number of nitrogens with two attached hydrogens (primary N) is 1. The number of benzene rings is 1. The van der Waals surface area contributed by atoms with Crippen LogP contribution in [0.5, 0.6) is 0 Å². The van der Waals surface area contributed by atoms with Crippen molar-refractivity contribution in [3.63, 3.8) is 0 Å². The lowest BCUT2D eigenvalue weighted by atomic mass is 10.3. The van der Waals surface area contributed by atoms with Crippen LogP contribution in [-0.4, -0.2) is 29.0 Å². The second-order valence-electron chi connectivity index (χ2n) is 3.80. The summed E-state index contributed by atoms with van der Waals surface area (Å²) in [6.07, 6.45) is 0. The molecule has 0 saturated carbocycles. The molecule has 1 atom stereocenters. The zero-order valence-corrected chi connectivity index (χ0v) is 11.4. The van der Waals surface area contributed by atoms with Crippen LogP contribution in [0.15, 0.2) is 23.1 Å². The Morgan fingerprint density at radius 2 is 2.21 bits per heavy atom. The van der Waals surface area contributed by atoms with Gasteiger partial charge >= 0.3 is 0 Å². The van der Waals surface area contributed by atoms with E-state index in [4.69, 9.17) is 17.3 Å². The van der Waals surface area contributed by atoms with Gasteiger partial charge in [-0.3, -0.25) is 0 Å². The summed E-state index contributed by atoms with van der Waals surface area (Å²) >= 11 is 5.80. The minimum Gasteiger partial charge on any atom is -0.398 e. The van der Waals surface area contributed by atoms with Gasteiger partial charge in [0, 0.05) is 0 Å². The van der Waals surface area contributed by atoms with Gasteiger partial charge < -0.3 is 5.73 Å². The number of nitrogens with one attached hydrogen (secondary N) is 2. The van der Waals surface area contributed by atoms with Crippen LogP contribution in [0.2, 0.25) is 5.02 Å². The molecule has 0 saturated heterocycles. The number of nitrogen functional groups attached to an aromatic ring is 1. The van der Waals surface area contributed by atoms with Gasteiger partial charge in [-0.15, -0.1) is 10.2 Å². The first-order chi connectivity index (χ1) is 8.90. The third-order valence-electron chi connectivity index (χ3n) is 2.36. The van der Waals surface area contributed by atoms with Crippen molar-refractivity contribution in [2.45, 2.75) is 17.9 Å². The zero-order chi connectivity index (χ0) is 14.0. The maximum absolute atomic E-state index is 12.1. The van der Waals surface area contributed by atoms with Crippen LogP contribution in [0.4, 0.5) is 5.69 Å². The van der Waals surface area contributed by atoms with E-state index >= 15 is 0 Å². The summed E-state index contributed by atoms with van der Waals surface area (Å²) in [5.74, 6) is 0.241. The van der Waals surface area contributed by atoms with Gasteiger partial charge in [-0.1, -0.05) is 16.8 Å². The maximum atomic E-state index is 12.1. The molecule has 10 heteroatoms. The Morgan fingerprint density at radius 3 is 2.79 bits per heavy atom. The van der Waals surface area contributed by atoms with E-state index in [2.05, 4.69) is 25.3 Å². The van der Waals surface area contributed by atoms with Gasteiger partial charge in [0.15, 0.2) is 5.82 Å². The standard InChI is InChI=1S/C9H11ClN6O2S/c1-5(9-12-15-16-13-9)14-19(17,18)6-2-3-8(11)7(10)4-6/h2-5,14H,11H2,1H3,(H,12,13,15,16). The first kappa shape index (κ1) is 13.7. The molecular weight excluding hydrogens is 292 g/mol. The van der Waals surface area contributed by atoms with Crippen molar-refractivity contribution in [1.82, 2.24) is 25.3 Å². The molecule has 0 bridgehead atoms. The lowest BCUT2D eigenvalue weighted by Gasteiger charge is -2.11. The molecule has 0 amide bonds. The highest BCUT2D eigenvalue weighted by Crippen LogP contribution is 2.23.